The normalized spacial score (nSPS) is 10.6. The number of H-pyrrole nitrogens is 1. The predicted octanol–water partition coefficient (Wildman–Crippen LogP) is 4.97. The van der Waals surface area contributed by atoms with Gasteiger partial charge in [0.25, 0.3) is 0 Å². The number of aryl methyl sites for hydroxylation is 2. The highest BCUT2D eigenvalue weighted by atomic mass is 14.7. The summed E-state index contributed by atoms with van der Waals surface area (Å²) in [5, 5.41) is 0. The van der Waals surface area contributed by atoms with Crippen molar-refractivity contribution < 1.29 is 0 Å². The molecule has 1 aromatic heterocycles. The second-order valence-corrected chi connectivity index (χ2v) is 5.03. The van der Waals surface area contributed by atoms with E-state index in [1.54, 1.807) is 0 Å². The molecule has 1 heterocycles. The van der Waals surface area contributed by atoms with E-state index < -0.39 is 0 Å². The Kier molecular flexibility index (Phi) is 2.96. The van der Waals surface area contributed by atoms with Crippen LogP contribution in [0.5, 0.6) is 0 Å². The SMILES string of the molecule is Cc1ccc(-c2c[nH]c(-c3ccc(C)cc3)c2)cc1. The Morgan fingerprint density at radius 3 is 1.74 bits per heavy atom. The minimum atomic E-state index is 1.16. The minimum Gasteiger partial charge on any atom is -0.361 e. The summed E-state index contributed by atoms with van der Waals surface area (Å²) in [7, 11) is 0. The zero-order chi connectivity index (χ0) is 13.2. The molecular weight excluding hydrogens is 230 g/mol. The maximum absolute atomic E-state index is 3.35. The topological polar surface area (TPSA) is 15.8 Å². The molecule has 0 saturated carbocycles. The van der Waals surface area contributed by atoms with Crippen LogP contribution in [0, 0.1) is 13.8 Å². The molecule has 0 aliphatic rings. The Labute approximate surface area is 113 Å². The van der Waals surface area contributed by atoms with Crippen molar-refractivity contribution in [3.05, 3.63) is 71.9 Å². The smallest absolute Gasteiger partial charge is 0.0460 e. The number of aromatic nitrogens is 1. The van der Waals surface area contributed by atoms with Crippen molar-refractivity contribution in [2.75, 3.05) is 0 Å². The molecule has 1 heteroatoms. The highest BCUT2D eigenvalue weighted by Crippen LogP contribution is 2.26. The van der Waals surface area contributed by atoms with Gasteiger partial charge in [-0.25, -0.2) is 0 Å². The van der Waals surface area contributed by atoms with Gasteiger partial charge in [0.1, 0.15) is 0 Å². The molecule has 3 aromatic rings. The fourth-order valence-electron chi connectivity index (χ4n) is 2.21. The van der Waals surface area contributed by atoms with E-state index >= 15 is 0 Å². The molecule has 0 aliphatic heterocycles. The summed E-state index contributed by atoms with van der Waals surface area (Å²) in [5.41, 5.74) is 7.45. The molecule has 0 atom stereocenters. The van der Waals surface area contributed by atoms with Crippen LogP contribution in [-0.4, -0.2) is 4.98 Å². The van der Waals surface area contributed by atoms with Gasteiger partial charge in [-0.3, -0.25) is 0 Å². The van der Waals surface area contributed by atoms with Crippen molar-refractivity contribution in [2.45, 2.75) is 13.8 Å². The molecule has 0 fully saturated rings. The lowest BCUT2D eigenvalue weighted by atomic mass is 10.1. The van der Waals surface area contributed by atoms with Gasteiger partial charge in [-0.05, 0) is 36.6 Å². The van der Waals surface area contributed by atoms with Crippen molar-refractivity contribution in [3.8, 4) is 22.4 Å². The molecule has 0 aliphatic carbocycles. The van der Waals surface area contributed by atoms with Crippen molar-refractivity contribution in [1.82, 2.24) is 4.98 Å². The molecule has 19 heavy (non-hydrogen) atoms. The van der Waals surface area contributed by atoms with Crippen LogP contribution in [0.25, 0.3) is 22.4 Å². The molecule has 0 radical (unpaired) electrons. The van der Waals surface area contributed by atoms with E-state index in [0.29, 0.717) is 0 Å². The monoisotopic (exact) mass is 247 g/mol. The molecule has 0 spiro atoms. The van der Waals surface area contributed by atoms with Crippen LogP contribution in [0.1, 0.15) is 11.1 Å². The molecule has 3 rings (SSSR count). The number of hydrogen-bond donors (Lipinski definition) is 1. The molecule has 0 amide bonds. The first-order valence-corrected chi connectivity index (χ1v) is 6.55. The average Bonchev–Trinajstić information content (AvgIpc) is 2.90. The van der Waals surface area contributed by atoms with Crippen LogP contribution < -0.4 is 0 Å². The van der Waals surface area contributed by atoms with E-state index in [4.69, 9.17) is 0 Å². The Bertz CT molecular complexity index is 612. The summed E-state index contributed by atoms with van der Waals surface area (Å²) in [6, 6.07) is 19.4. The lowest BCUT2D eigenvalue weighted by Gasteiger charge is -1.99. The molecule has 1 N–H and O–H groups in total. The first kappa shape index (κ1) is 11.8. The summed E-state index contributed by atoms with van der Waals surface area (Å²) in [6.07, 6.45) is 2.07. The van der Waals surface area contributed by atoms with Crippen molar-refractivity contribution in [2.24, 2.45) is 0 Å². The van der Waals surface area contributed by atoms with Gasteiger partial charge in [-0.2, -0.15) is 0 Å². The van der Waals surface area contributed by atoms with Gasteiger partial charge < -0.3 is 4.98 Å². The Morgan fingerprint density at radius 2 is 1.16 bits per heavy atom. The molecular formula is C18H17N. The largest absolute Gasteiger partial charge is 0.361 e. The summed E-state index contributed by atoms with van der Waals surface area (Å²) < 4.78 is 0. The first-order chi connectivity index (χ1) is 9.22. The van der Waals surface area contributed by atoms with Crippen molar-refractivity contribution in [1.29, 1.82) is 0 Å². The molecule has 1 nitrogen and oxygen atoms in total. The second kappa shape index (κ2) is 4.77. The first-order valence-electron chi connectivity index (χ1n) is 6.55. The van der Waals surface area contributed by atoms with E-state index in [1.165, 1.54) is 27.8 Å². The van der Waals surface area contributed by atoms with Crippen LogP contribution in [-0.2, 0) is 0 Å². The molecule has 2 aromatic carbocycles. The van der Waals surface area contributed by atoms with E-state index in [1.807, 2.05) is 0 Å². The summed E-state index contributed by atoms with van der Waals surface area (Å²) >= 11 is 0. The van der Waals surface area contributed by atoms with E-state index in [2.05, 4.69) is 79.6 Å². The zero-order valence-corrected chi connectivity index (χ0v) is 11.3. The van der Waals surface area contributed by atoms with E-state index in [-0.39, 0.29) is 0 Å². The van der Waals surface area contributed by atoms with Gasteiger partial charge in [0.05, 0.1) is 0 Å². The number of benzene rings is 2. The molecule has 0 unspecified atom stereocenters. The van der Waals surface area contributed by atoms with Crippen LogP contribution in [0.15, 0.2) is 60.8 Å². The number of rotatable bonds is 2. The Morgan fingerprint density at radius 1 is 0.632 bits per heavy atom. The van der Waals surface area contributed by atoms with Gasteiger partial charge in [0.15, 0.2) is 0 Å². The highest BCUT2D eigenvalue weighted by Gasteiger charge is 2.03. The third-order valence-electron chi connectivity index (χ3n) is 3.43. The zero-order valence-electron chi connectivity index (χ0n) is 11.3. The third-order valence-corrected chi connectivity index (χ3v) is 3.43. The van der Waals surface area contributed by atoms with E-state index in [0.717, 1.165) is 5.69 Å². The summed E-state index contributed by atoms with van der Waals surface area (Å²) in [6.45, 7) is 4.22. The lowest BCUT2D eigenvalue weighted by molar-refractivity contribution is 1.39. The number of aromatic amines is 1. The molecule has 94 valence electrons. The predicted molar refractivity (Wildman–Crippen MR) is 81.1 cm³/mol. The second-order valence-electron chi connectivity index (χ2n) is 5.03. The Hall–Kier alpha value is -2.28. The number of hydrogen-bond acceptors (Lipinski definition) is 0. The van der Waals surface area contributed by atoms with Crippen LogP contribution in [0.4, 0.5) is 0 Å². The minimum absolute atomic E-state index is 1.16. The third kappa shape index (κ3) is 2.45. The van der Waals surface area contributed by atoms with Gasteiger partial charge in [-0.1, -0.05) is 59.7 Å². The van der Waals surface area contributed by atoms with Crippen molar-refractivity contribution in [3.63, 3.8) is 0 Å². The number of nitrogens with one attached hydrogen (secondary N) is 1. The summed E-state index contributed by atoms with van der Waals surface area (Å²) in [4.78, 5) is 3.35. The van der Waals surface area contributed by atoms with Crippen LogP contribution >= 0.6 is 0 Å². The quantitative estimate of drug-likeness (QED) is 0.658. The fourth-order valence-corrected chi connectivity index (χ4v) is 2.21. The fraction of sp³-hybridized carbons (Fsp3) is 0.111. The van der Waals surface area contributed by atoms with Crippen LogP contribution in [0.3, 0.4) is 0 Å². The lowest BCUT2D eigenvalue weighted by Crippen LogP contribution is -1.77. The van der Waals surface area contributed by atoms with Gasteiger partial charge in [0, 0.05) is 11.9 Å². The van der Waals surface area contributed by atoms with Gasteiger partial charge in [0.2, 0.25) is 0 Å². The maximum Gasteiger partial charge on any atom is 0.0460 e. The Balaban J connectivity index is 1.95. The van der Waals surface area contributed by atoms with Crippen molar-refractivity contribution >= 4 is 0 Å². The maximum atomic E-state index is 3.35. The average molecular weight is 247 g/mol. The van der Waals surface area contributed by atoms with Crippen LogP contribution in [0.2, 0.25) is 0 Å². The highest BCUT2D eigenvalue weighted by molar-refractivity contribution is 5.71. The van der Waals surface area contributed by atoms with Gasteiger partial charge in [-0.15, -0.1) is 0 Å². The molecule has 0 saturated heterocycles. The molecule has 0 bridgehead atoms. The summed E-state index contributed by atoms with van der Waals surface area (Å²) in [5.74, 6) is 0. The van der Waals surface area contributed by atoms with E-state index in [9.17, 15) is 0 Å². The standard InChI is InChI=1S/C18H17N/c1-13-3-7-15(8-4-13)17-11-18(19-12-17)16-9-5-14(2)6-10-16/h3-12,19H,1-2H3. The van der Waals surface area contributed by atoms with Gasteiger partial charge >= 0.3 is 0 Å².